The van der Waals surface area contributed by atoms with Crippen LogP contribution in [0.3, 0.4) is 0 Å². The second-order valence-electron chi connectivity index (χ2n) is 9.55. The molecule has 1 amide bonds. The molecule has 2 fully saturated rings. The Balaban J connectivity index is 1.44. The Bertz CT molecular complexity index is 1330. The lowest BCUT2D eigenvalue weighted by Crippen LogP contribution is -2.45. The molecule has 186 valence electrons. The van der Waals surface area contributed by atoms with E-state index in [-0.39, 0.29) is 23.8 Å². The zero-order valence-corrected chi connectivity index (χ0v) is 20.1. The highest BCUT2D eigenvalue weighted by Crippen LogP contribution is 2.37. The van der Waals surface area contributed by atoms with Crippen molar-refractivity contribution in [2.45, 2.75) is 25.8 Å². The molecule has 3 aromatic rings. The molecule has 2 aliphatic rings. The Kier molecular flexibility index (Phi) is 6.46. The lowest BCUT2D eigenvalue weighted by molar-refractivity contribution is -0.134. The van der Waals surface area contributed by atoms with Gasteiger partial charge in [-0.25, -0.2) is 8.78 Å². The van der Waals surface area contributed by atoms with Crippen LogP contribution in [0.4, 0.5) is 8.78 Å². The van der Waals surface area contributed by atoms with E-state index in [1.165, 1.54) is 36.1 Å². The summed E-state index contributed by atoms with van der Waals surface area (Å²) in [6.07, 6.45) is 4.80. The molecule has 2 aliphatic heterocycles. The van der Waals surface area contributed by atoms with Gasteiger partial charge in [0.25, 0.3) is 0 Å². The maximum atomic E-state index is 14.5. The van der Waals surface area contributed by atoms with Gasteiger partial charge in [0.1, 0.15) is 24.1 Å². The summed E-state index contributed by atoms with van der Waals surface area (Å²) in [7, 11) is 1.39. The number of nitriles is 1. The second-order valence-corrected chi connectivity index (χ2v) is 9.55. The van der Waals surface area contributed by atoms with E-state index in [1.54, 1.807) is 18.3 Å². The van der Waals surface area contributed by atoms with Gasteiger partial charge in [0.15, 0.2) is 11.6 Å². The van der Waals surface area contributed by atoms with Crippen molar-refractivity contribution in [3.63, 3.8) is 0 Å². The SMILES string of the molecule is COc1ccc(-c2cn(CC(=O)N3CCC4(CCNC4)CC3)nc2-c2ccc(C#N)c(F)c2)cc1F. The average Bonchev–Trinajstić information content (AvgIpc) is 3.51. The number of carbonyl (C=O) groups excluding carboxylic acids is 1. The number of hydrogen-bond acceptors (Lipinski definition) is 5. The predicted octanol–water partition coefficient (Wildman–Crippen LogP) is 3.98. The molecule has 0 saturated carbocycles. The summed E-state index contributed by atoms with van der Waals surface area (Å²) in [4.78, 5) is 15.0. The van der Waals surface area contributed by atoms with Gasteiger partial charge >= 0.3 is 0 Å². The van der Waals surface area contributed by atoms with Crippen LogP contribution in [0.25, 0.3) is 22.4 Å². The predicted molar refractivity (Wildman–Crippen MR) is 130 cm³/mol. The lowest BCUT2D eigenvalue weighted by atomic mass is 9.78. The zero-order valence-electron chi connectivity index (χ0n) is 20.1. The van der Waals surface area contributed by atoms with Crippen molar-refractivity contribution in [3.8, 4) is 34.2 Å². The Morgan fingerprint density at radius 1 is 1.14 bits per heavy atom. The molecule has 2 aromatic carbocycles. The molecule has 0 aliphatic carbocycles. The average molecular weight is 492 g/mol. The topological polar surface area (TPSA) is 83.2 Å². The number of ether oxygens (including phenoxy) is 1. The van der Waals surface area contributed by atoms with Crippen molar-refractivity contribution < 1.29 is 18.3 Å². The minimum absolute atomic E-state index is 0.0235. The van der Waals surface area contributed by atoms with Crippen LogP contribution in [0.1, 0.15) is 24.8 Å². The molecule has 1 N–H and O–H groups in total. The maximum Gasteiger partial charge on any atom is 0.244 e. The second kappa shape index (κ2) is 9.70. The molecular formula is C27H27F2N5O2. The van der Waals surface area contributed by atoms with E-state index >= 15 is 0 Å². The molecular weight excluding hydrogens is 464 g/mol. The number of methoxy groups -OCH3 is 1. The summed E-state index contributed by atoms with van der Waals surface area (Å²) >= 11 is 0. The van der Waals surface area contributed by atoms with Crippen LogP contribution in [0.2, 0.25) is 0 Å². The fraction of sp³-hybridized carbons (Fsp3) is 0.370. The summed E-state index contributed by atoms with van der Waals surface area (Å²) < 4.78 is 35.5. The van der Waals surface area contributed by atoms with Gasteiger partial charge in [-0.1, -0.05) is 12.1 Å². The number of carbonyl (C=O) groups is 1. The van der Waals surface area contributed by atoms with Gasteiger partial charge in [-0.15, -0.1) is 0 Å². The minimum Gasteiger partial charge on any atom is -0.494 e. The lowest BCUT2D eigenvalue weighted by Gasteiger charge is -2.38. The number of halogens is 2. The van der Waals surface area contributed by atoms with E-state index in [0.29, 0.717) is 40.9 Å². The summed E-state index contributed by atoms with van der Waals surface area (Å²) in [5, 5.41) is 17.1. The molecule has 1 spiro atoms. The van der Waals surface area contributed by atoms with Crippen molar-refractivity contribution >= 4 is 5.91 Å². The molecule has 7 nitrogen and oxygen atoms in total. The number of piperidine rings is 1. The summed E-state index contributed by atoms with van der Waals surface area (Å²) in [6.45, 7) is 3.50. The molecule has 5 rings (SSSR count). The number of hydrogen-bond donors (Lipinski definition) is 1. The van der Waals surface area contributed by atoms with Gasteiger partial charge in [-0.2, -0.15) is 10.4 Å². The third-order valence-corrected chi connectivity index (χ3v) is 7.39. The number of likely N-dealkylation sites (tertiary alicyclic amines) is 1. The fourth-order valence-electron chi connectivity index (χ4n) is 5.21. The number of nitrogens with one attached hydrogen (secondary N) is 1. The standard InChI is InChI=1S/C27H27F2N5O2/c1-36-24-5-4-18(12-23(24)29)21-15-34(32-26(21)19-2-3-20(14-30)22(28)13-19)16-25(35)33-10-7-27(8-11-33)6-9-31-17-27/h2-5,12-13,15,31H,6-11,16-17H2,1H3. The molecule has 3 heterocycles. The van der Waals surface area contributed by atoms with Crippen molar-refractivity contribution in [2.75, 3.05) is 33.3 Å². The van der Waals surface area contributed by atoms with Gasteiger partial charge in [0.05, 0.1) is 12.7 Å². The number of benzene rings is 2. The Labute approximate surface area is 208 Å². The van der Waals surface area contributed by atoms with Gasteiger partial charge in [0.2, 0.25) is 5.91 Å². The van der Waals surface area contributed by atoms with E-state index < -0.39 is 11.6 Å². The largest absolute Gasteiger partial charge is 0.494 e. The van der Waals surface area contributed by atoms with Gasteiger partial charge < -0.3 is 15.0 Å². The molecule has 36 heavy (non-hydrogen) atoms. The van der Waals surface area contributed by atoms with Crippen molar-refractivity contribution in [1.82, 2.24) is 20.0 Å². The first-order valence-electron chi connectivity index (χ1n) is 12.0. The smallest absolute Gasteiger partial charge is 0.244 e. The molecule has 9 heteroatoms. The number of amides is 1. The van der Waals surface area contributed by atoms with Crippen LogP contribution in [0.5, 0.6) is 5.75 Å². The molecule has 2 saturated heterocycles. The highest BCUT2D eigenvalue weighted by atomic mass is 19.1. The number of aromatic nitrogens is 2. The molecule has 0 atom stereocenters. The number of nitrogens with zero attached hydrogens (tertiary/aromatic N) is 4. The first-order valence-corrected chi connectivity index (χ1v) is 12.0. The van der Waals surface area contributed by atoms with Gasteiger partial charge in [-0.3, -0.25) is 9.48 Å². The van der Waals surface area contributed by atoms with E-state index in [1.807, 2.05) is 11.0 Å². The van der Waals surface area contributed by atoms with E-state index in [0.717, 1.165) is 32.4 Å². The Morgan fingerprint density at radius 2 is 1.89 bits per heavy atom. The maximum absolute atomic E-state index is 14.5. The summed E-state index contributed by atoms with van der Waals surface area (Å²) in [5.74, 6) is -1.15. The molecule has 0 unspecified atom stereocenters. The first-order chi connectivity index (χ1) is 17.4. The van der Waals surface area contributed by atoms with Crippen LogP contribution >= 0.6 is 0 Å². The van der Waals surface area contributed by atoms with Crippen molar-refractivity contribution in [3.05, 3.63) is 59.8 Å². The van der Waals surface area contributed by atoms with E-state index in [4.69, 9.17) is 10.00 Å². The van der Waals surface area contributed by atoms with Crippen molar-refractivity contribution in [1.29, 1.82) is 5.26 Å². The molecule has 1 aromatic heterocycles. The summed E-state index contributed by atoms with van der Waals surface area (Å²) in [5.41, 5.74) is 2.11. The van der Waals surface area contributed by atoms with Gasteiger partial charge in [0, 0.05) is 37.0 Å². The van der Waals surface area contributed by atoms with Gasteiger partial charge in [-0.05, 0) is 61.1 Å². The van der Waals surface area contributed by atoms with Crippen LogP contribution in [0.15, 0.2) is 42.6 Å². The third-order valence-electron chi connectivity index (χ3n) is 7.39. The Hall–Kier alpha value is -3.77. The highest BCUT2D eigenvalue weighted by molar-refractivity contribution is 5.82. The van der Waals surface area contributed by atoms with Crippen molar-refractivity contribution in [2.24, 2.45) is 5.41 Å². The quantitative estimate of drug-likeness (QED) is 0.584. The van der Waals surface area contributed by atoms with E-state index in [2.05, 4.69) is 10.4 Å². The van der Waals surface area contributed by atoms with E-state index in [9.17, 15) is 13.6 Å². The third kappa shape index (κ3) is 4.56. The normalized spacial score (nSPS) is 16.8. The Morgan fingerprint density at radius 3 is 2.53 bits per heavy atom. The first kappa shape index (κ1) is 23.9. The summed E-state index contributed by atoms with van der Waals surface area (Å²) in [6, 6.07) is 10.5. The molecule has 0 bridgehead atoms. The van der Waals surface area contributed by atoms with Crippen LogP contribution in [-0.2, 0) is 11.3 Å². The highest BCUT2D eigenvalue weighted by Gasteiger charge is 2.38. The fourth-order valence-corrected chi connectivity index (χ4v) is 5.21. The number of rotatable bonds is 5. The van der Waals surface area contributed by atoms with Crippen LogP contribution in [0, 0.1) is 28.4 Å². The minimum atomic E-state index is -0.670. The molecule has 0 radical (unpaired) electrons. The monoisotopic (exact) mass is 491 g/mol. The van der Waals surface area contributed by atoms with Crippen LogP contribution < -0.4 is 10.1 Å². The van der Waals surface area contributed by atoms with Crippen LogP contribution in [-0.4, -0.2) is 53.9 Å². The zero-order chi connectivity index (χ0) is 25.3.